The number of hydrogen-bond donors (Lipinski definition) is 0. The molecule has 0 bridgehead atoms. The highest BCUT2D eigenvalue weighted by atomic mass is 19.1. The average molecular weight is 194 g/mol. The van der Waals surface area contributed by atoms with Crippen LogP contribution < -0.4 is 0 Å². The van der Waals surface area contributed by atoms with Gasteiger partial charge in [0.25, 0.3) is 0 Å². The molecule has 0 unspecified atom stereocenters. The Hall–Kier alpha value is -1.18. The van der Waals surface area contributed by atoms with Gasteiger partial charge in [0, 0.05) is 5.56 Å². The Kier molecular flexibility index (Phi) is 3.81. The molecule has 0 aliphatic rings. The molecule has 0 fully saturated rings. The van der Waals surface area contributed by atoms with Crippen LogP contribution in [0.2, 0.25) is 0 Å². The van der Waals surface area contributed by atoms with Gasteiger partial charge in [0.05, 0.1) is 0 Å². The number of carbonyl (C=O) groups is 1. The molecule has 0 aromatic heterocycles. The minimum Gasteiger partial charge on any atom is -0.291 e. The molecule has 2 atom stereocenters. The minimum atomic E-state index is -1.37. The van der Waals surface area contributed by atoms with E-state index in [1.54, 1.807) is 31.2 Å². The summed E-state index contributed by atoms with van der Waals surface area (Å²) in [7, 11) is 0. The fourth-order valence-corrected chi connectivity index (χ4v) is 1.23. The molecule has 0 radical (unpaired) electrons. The van der Waals surface area contributed by atoms with Gasteiger partial charge in [-0.1, -0.05) is 50.6 Å². The van der Waals surface area contributed by atoms with Crippen molar-refractivity contribution in [1.82, 2.24) is 0 Å². The molecule has 0 saturated carbocycles. The van der Waals surface area contributed by atoms with E-state index in [-0.39, 0.29) is 5.92 Å². The number of halogens is 1. The quantitative estimate of drug-likeness (QED) is 0.672. The van der Waals surface area contributed by atoms with Gasteiger partial charge in [0.15, 0.2) is 12.0 Å². The van der Waals surface area contributed by atoms with E-state index in [0.717, 1.165) is 0 Å². The lowest BCUT2D eigenvalue weighted by molar-refractivity contribution is 0.0817. The second kappa shape index (κ2) is 4.89. The fourth-order valence-electron chi connectivity index (χ4n) is 1.23. The van der Waals surface area contributed by atoms with Crippen LogP contribution in [-0.4, -0.2) is 12.0 Å². The van der Waals surface area contributed by atoms with Crippen molar-refractivity contribution in [2.75, 3.05) is 0 Å². The van der Waals surface area contributed by atoms with Crippen LogP contribution in [0.15, 0.2) is 30.3 Å². The smallest absolute Gasteiger partial charge is 0.197 e. The zero-order valence-electron chi connectivity index (χ0n) is 8.53. The summed E-state index contributed by atoms with van der Waals surface area (Å²) in [6, 6.07) is 8.61. The molecule has 0 aliphatic carbocycles. The van der Waals surface area contributed by atoms with Crippen molar-refractivity contribution >= 4 is 5.78 Å². The summed E-state index contributed by atoms with van der Waals surface area (Å²) in [5.74, 6) is -0.609. The summed E-state index contributed by atoms with van der Waals surface area (Å²) in [5, 5.41) is 0. The lowest BCUT2D eigenvalue weighted by atomic mass is 9.96. The summed E-state index contributed by atoms with van der Waals surface area (Å²) in [6.45, 7) is 3.64. The van der Waals surface area contributed by atoms with Gasteiger partial charge >= 0.3 is 0 Å². The molecule has 1 aromatic rings. The molecule has 14 heavy (non-hydrogen) atoms. The molecular weight excluding hydrogens is 179 g/mol. The monoisotopic (exact) mass is 194 g/mol. The Balaban J connectivity index is 2.76. The number of benzene rings is 1. The zero-order chi connectivity index (χ0) is 10.6. The van der Waals surface area contributed by atoms with Crippen LogP contribution in [0.5, 0.6) is 0 Å². The zero-order valence-corrected chi connectivity index (χ0v) is 8.53. The van der Waals surface area contributed by atoms with Crippen molar-refractivity contribution in [3.8, 4) is 0 Å². The molecule has 76 valence electrons. The summed E-state index contributed by atoms with van der Waals surface area (Å²) < 4.78 is 13.5. The van der Waals surface area contributed by atoms with Crippen molar-refractivity contribution in [2.24, 2.45) is 5.92 Å². The molecule has 0 amide bonds. The lowest BCUT2D eigenvalue weighted by Crippen LogP contribution is -2.23. The van der Waals surface area contributed by atoms with Gasteiger partial charge < -0.3 is 0 Å². The molecule has 0 aliphatic heterocycles. The summed E-state index contributed by atoms with van der Waals surface area (Å²) in [6.07, 6.45) is -0.692. The largest absolute Gasteiger partial charge is 0.291 e. The third-order valence-electron chi connectivity index (χ3n) is 2.45. The highest BCUT2D eigenvalue weighted by Gasteiger charge is 2.23. The Morgan fingerprint density at radius 2 is 1.93 bits per heavy atom. The highest BCUT2D eigenvalue weighted by Crippen LogP contribution is 2.16. The predicted molar refractivity (Wildman–Crippen MR) is 55.1 cm³/mol. The maximum atomic E-state index is 13.5. The van der Waals surface area contributed by atoms with Crippen LogP contribution in [0.3, 0.4) is 0 Å². The third-order valence-corrected chi connectivity index (χ3v) is 2.45. The van der Waals surface area contributed by atoms with Crippen LogP contribution in [0.25, 0.3) is 0 Å². The van der Waals surface area contributed by atoms with Crippen molar-refractivity contribution in [3.05, 3.63) is 35.9 Å². The van der Waals surface area contributed by atoms with E-state index in [1.807, 2.05) is 13.0 Å². The maximum absolute atomic E-state index is 13.5. The molecule has 0 heterocycles. The van der Waals surface area contributed by atoms with Crippen LogP contribution in [0, 0.1) is 5.92 Å². The second-order valence-corrected chi connectivity index (χ2v) is 3.52. The van der Waals surface area contributed by atoms with E-state index in [1.165, 1.54) is 0 Å². The molecule has 0 N–H and O–H groups in total. The molecule has 1 nitrogen and oxygen atoms in total. The summed E-state index contributed by atoms with van der Waals surface area (Å²) in [4.78, 5) is 11.6. The van der Waals surface area contributed by atoms with Gasteiger partial charge in [-0.25, -0.2) is 4.39 Å². The number of alkyl halides is 1. The topological polar surface area (TPSA) is 17.1 Å². The Bertz CT molecular complexity index is 294. The second-order valence-electron chi connectivity index (χ2n) is 3.52. The average Bonchev–Trinajstić information content (AvgIpc) is 2.27. The number of rotatable bonds is 4. The molecule has 0 saturated heterocycles. The molecule has 1 rings (SSSR count). The fraction of sp³-hybridized carbons (Fsp3) is 0.417. The number of hydrogen-bond acceptors (Lipinski definition) is 1. The first kappa shape index (κ1) is 10.9. The Labute approximate surface area is 83.9 Å². The lowest BCUT2D eigenvalue weighted by Gasteiger charge is -2.13. The SMILES string of the molecule is CC[C@H](C)[C@@H](F)C(=O)c1ccccc1. The van der Waals surface area contributed by atoms with Gasteiger partial charge in [0.1, 0.15) is 0 Å². The summed E-state index contributed by atoms with van der Waals surface area (Å²) in [5.41, 5.74) is 0.459. The number of ketones is 1. The molecule has 0 spiro atoms. The first-order valence-electron chi connectivity index (χ1n) is 4.90. The minimum absolute atomic E-state index is 0.206. The van der Waals surface area contributed by atoms with Crippen LogP contribution in [0.1, 0.15) is 30.6 Å². The van der Waals surface area contributed by atoms with E-state index in [9.17, 15) is 9.18 Å². The van der Waals surface area contributed by atoms with E-state index < -0.39 is 12.0 Å². The summed E-state index contributed by atoms with van der Waals surface area (Å²) >= 11 is 0. The standard InChI is InChI=1S/C12H15FO/c1-3-9(2)11(13)12(14)10-7-5-4-6-8-10/h4-9,11H,3H2,1-2H3/t9-,11+/m0/s1. The van der Waals surface area contributed by atoms with Gasteiger partial charge in [-0.05, 0) is 5.92 Å². The molecular formula is C12H15FO. The van der Waals surface area contributed by atoms with Gasteiger partial charge in [-0.2, -0.15) is 0 Å². The Morgan fingerprint density at radius 3 is 2.43 bits per heavy atom. The van der Waals surface area contributed by atoms with Gasteiger partial charge in [0.2, 0.25) is 0 Å². The van der Waals surface area contributed by atoms with E-state index >= 15 is 0 Å². The third kappa shape index (κ3) is 2.41. The van der Waals surface area contributed by atoms with Gasteiger partial charge in [-0.3, -0.25) is 4.79 Å². The van der Waals surface area contributed by atoms with Crippen molar-refractivity contribution < 1.29 is 9.18 Å². The van der Waals surface area contributed by atoms with Crippen LogP contribution in [-0.2, 0) is 0 Å². The van der Waals surface area contributed by atoms with E-state index in [4.69, 9.17) is 0 Å². The molecule has 1 aromatic carbocycles. The normalized spacial score (nSPS) is 14.8. The predicted octanol–water partition coefficient (Wildman–Crippen LogP) is 3.25. The number of carbonyl (C=O) groups excluding carboxylic acids is 1. The first-order valence-corrected chi connectivity index (χ1v) is 4.90. The van der Waals surface area contributed by atoms with Crippen LogP contribution >= 0.6 is 0 Å². The highest BCUT2D eigenvalue weighted by molar-refractivity contribution is 5.99. The van der Waals surface area contributed by atoms with E-state index in [0.29, 0.717) is 12.0 Å². The van der Waals surface area contributed by atoms with Crippen LogP contribution in [0.4, 0.5) is 4.39 Å². The Morgan fingerprint density at radius 1 is 1.36 bits per heavy atom. The number of Topliss-reactive ketones (excluding diaryl/α,β-unsaturated/α-hetero) is 1. The van der Waals surface area contributed by atoms with E-state index in [2.05, 4.69) is 0 Å². The van der Waals surface area contributed by atoms with Crippen molar-refractivity contribution in [3.63, 3.8) is 0 Å². The van der Waals surface area contributed by atoms with Crippen molar-refractivity contribution in [2.45, 2.75) is 26.4 Å². The van der Waals surface area contributed by atoms with Gasteiger partial charge in [-0.15, -0.1) is 0 Å². The first-order chi connectivity index (χ1) is 6.66. The maximum Gasteiger partial charge on any atom is 0.197 e. The van der Waals surface area contributed by atoms with Crippen molar-refractivity contribution in [1.29, 1.82) is 0 Å². The molecule has 2 heteroatoms.